The summed E-state index contributed by atoms with van der Waals surface area (Å²) in [6, 6.07) is 13.1. The minimum Gasteiger partial charge on any atom is -0.497 e. The van der Waals surface area contributed by atoms with Gasteiger partial charge in [-0.1, -0.05) is 38.1 Å². The third kappa shape index (κ3) is 4.85. The predicted molar refractivity (Wildman–Crippen MR) is 126 cm³/mol. The number of nitrogens with zero attached hydrogens (tertiary/aromatic N) is 1. The summed E-state index contributed by atoms with van der Waals surface area (Å²) in [6.07, 6.45) is 3.32. The number of rotatable bonds is 8. The molecular formula is C24H32N2O5S. The van der Waals surface area contributed by atoms with Gasteiger partial charge in [0.2, 0.25) is 15.9 Å². The Morgan fingerprint density at radius 2 is 1.91 bits per heavy atom. The van der Waals surface area contributed by atoms with Crippen molar-refractivity contribution in [2.45, 2.75) is 57.7 Å². The second kappa shape index (κ2) is 9.40. The molecular weight excluding hydrogens is 428 g/mol. The van der Waals surface area contributed by atoms with Crippen LogP contribution in [0, 0.1) is 0 Å². The molecule has 0 saturated carbocycles. The zero-order chi connectivity index (χ0) is 23.5. The first-order valence-corrected chi connectivity index (χ1v) is 12.7. The molecule has 0 aromatic heterocycles. The number of carbonyl (C=O) groups excluding carboxylic acids is 1. The van der Waals surface area contributed by atoms with Crippen LogP contribution in [0.3, 0.4) is 0 Å². The van der Waals surface area contributed by atoms with Crippen LogP contribution in [-0.4, -0.2) is 39.3 Å². The third-order valence-corrected chi connectivity index (χ3v) is 7.44. The Morgan fingerprint density at radius 3 is 2.53 bits per heavy atom. The Hall–Kier alpha value is -2.74. The fourth-order valence-electron chi connectivity index (χ4n) is 4.28. The summed E-state index contributed by atoms with van der Waals surface area (Å²) in [5.41, 5.74) is 0.898. The molecule has 7 nitrogen and oxygen atoms in total. The average Bonchev–Trinajstić information content (AvgIpc) is 2.78. The highest BCUT2D eigenvalue weighted by Gasteiger charge is 2.40. The van der Waals surface area contributed by atoms with E-state index < -0.39 is 16.1 Å². The first-order chi connectivity index (χ1) is 15.1. The Labute approximate surface area is 190 Å². The summed E-state index contributed by atoms with van der Waals surface area (Å²) in [7, 11) is -2.22. The monoisotopic (exact) mass is 460 g/mol. The Bertz CT molecular complexity index is 1070. The van der Waals surface area contributed by atoms with Crippen molar-refractivity contribution < 1.29 is 22.7 Å². The topological polar surface area (TPSA) is 84.9 Å². The molecule has 1 amide bonds. The van der Waals surface area contributed by atoms with Gasteiger partial charge in [-0.3, -0.25) is 9.10 Å². The zero-order valence-electron chi connectivity index (χ0n) is 19.3. The number of anilines is 1. The normalized spacial score (nSPS) is 18.1. The van der Waals surface area contributed by atoms with E-state index in [1.807, 2.05) is 24.3 Å². The summed E-state index contributed by atoms with van der Waals surface area (Å²) in [4.78, 5) is 13.3. The van der Waals surface area contributed by atoms with Crippen molar-refractivity contribution >= 4 is 21.6 Å². The molecule has 0 fully saturated rings. The van der Waals surface area contributed by atoms with Crippen LogP contribution in [0.25, 0.3) is 0 Å². The van der Waals surface area contributed by atoms with E-state index in [0.29, 0.717) is 17.9 Å². The van der Waals surface area contributed by atoms with Crippen molar-refractivity contribution in [2.75, 3.05) is 17.7 Å². The van der Waals surface area contributed by atoms with Crippen molar-refractivity contribution in [1.29, 1.82) is 0 Å². The van der Waals surface area contributed by atoms with Gasteiger partial charge in [0.15, 0.2) is 0 Å². The number of carbonyl (C=O) groups is 1. The van der Waals surface area contributed by atoms with Gasteiger partial charge >= 0.3 is 0 Å². The van der Waals surface area contributed by atoms with Crippen LogP contribution in [0.5, 0.6) is 11.5 Å². The molecule has 0 saturated heterocycles. The SMILES string of the molecule is CCC1(CC)C[C@H](NC(=O)[C@H](C)N(c2cccc(OC)c2)S(C)(=O)=O)c2ccccc2O1. The molecule has 0 unspecified atom stereocenters. The summed E-state index contributed by atoms with van der Waals surface area (Å²) in [5, 5.41) is 3.09. The second-order valence-electron chi connectivity index (χ2n) is 8.23. The smallest absolute Gasteiger partial charge is 0.244 e. The van der Waals surface area contributed by atoms with E-state index in [1.54, 1.807) is 31.2 Å². The molecule has 3 rings (SSSR count). The molecule has 1 heterocycles. The number of hydrogen-bond donors (Lipinski definition) is 1. The summed E-state index contributed by atoms with van der Waals surface area (Å²) in [5.74, 6) is 0.895. The predicted octanol–water partition coefficient (Wildman–Crippen LogP) is 4.05. The lowest BCUT2D eigenvalue weighted by molar-refractivity contribution is -0.123. The van der Waals surface area contributed by atoms with Crippen LogP contribution in [0.2, 0.25) is 0 Å². The van der Waals surface area contributed by atoms with Gasteiger partial charge in [0.25, 0.3) is 0 Å². The van der Waals surface area contributed by atoms with Gasteiger partial charge in [-0.2, -0.15) is 0 Å². The van der Waals surface area contributed by atoms with Crippen LogP contribution in [-0.2, 0) is 14.8 Å². The van der Waals surface area contributed by atoms with E-state index in [4.69, 9.17) is 9.47 Å². The molecule has 174 valence electrons. The lowest BCUT2D eigenvalue weighted by Gasteiger charge is -2.42. The molecule has 0 bridgehead atoms. The highest BCUT2D eigenvalue weighted by molar-refractivity contribution is 7.92. The number of nitrogens with one attached hydrogen (secondary N) is 1. The molecule has 0 radical (unpaired) electrons. The number of sulfonamides is 1. The van der Waals surface area contributed by atoms with Crippen molar-refractivity contribution in [1.82, 2.24) is 5.32 Å². The van der Waals surface area contributed by atoms with Crippen molar-refractivity contribution in [3.8, 4) is 11.5 Å². The molecule has 0 aliphatic carbocycles. The second-order valence-corrected chi connectivity index (χ2v) is 10.1. The number of para-hydroxylation sites is 1. The Kier molecular flexibility index (Phi) is 7.03. The van der Waals surface area contributed by atoms with Gasteiger partial charge < -0.3 is 14.8 Å². The standard InChI is InChI=1S/C24H32N2O5S/c1-6-24(7-2)16-21(20-13-8-9-14-22(20)31-24)25-23(27)17(3)26(32(5,28)29)18-11-10-12-19(15-18)30-4/h8-15,17,21H,6-7,16H2,1-5H3,(H,25,27)/t17-,21-/m0/s1. The van der Waals surface area contributed by atoms with Gasteiger partial charge in [0.05, 0.1) is 25.1 Å². The van der Waals surface area contributed by atoms with Crippen LogP contribution in [0.1, 0.15) is 51.6 Å². The fraction of sp³-hybridized carbons (Fsp3) is 0.458. The maximum atomic E-state index is 13.3. The maximum absolute atomic E-state index is 13.3. The molecule has 2 aromatic carbocycles. The molecule has 8 heteroatoms. The minimum atomic E-state index is -3.73. The average molecular weight is 461 g/mol. The molecule has 1 N–H and O–H groups in total. The van der Waals surface area contributed by atoms with Crippen LogP contribution in [0.15, 0.2) is 48.5 Å². The molecule has 0 spiro atoms. The Morgan fingerprint density at radius 1 is 1.22 bits per heavy atom. The quantitative estimate of drug-likeness (QED) is 0.642. The van der Waals surface area contributed by atoms with E-state index in [-0.39, 0.29) is 17.6 Å². The van der Waals surface area contributed by atoms with Gasteiger partial charge in [-0.05, 0) is 38.0 Å². The highest BCUT2D eigenvalue weighted by atomic mass is 32.2. The number of fused-ring (bicyclic) bond motifs is 1. The summed E-state index contributed by atoms with van der Waals surface area (Å²) < 4.78 is 38.0. The van der Waals surface area contributed by atoms with Gasteiger partial charge in [0, 0.05) is 18.1 Å². The molecule has 1 aliphatic rings. The number of hydrogen-bond acceptors (Lipinski definition) is 5. The van der Waals surface area contributed by atoms with Gasteiger partial charge in [-0.15, -0.1) is 0 Å². The first kappa shape index (κ1) is 23.9. The van der Waals surface area contributed by atoms with Crippen molar-refractivity contribution in [3.05, 3.63) is 54.1 Å². The molecule has 32 heavy (non-hydrogen) atoms. The molecule has 2 aromatic rings. The third-order valence-electron chi connectivity index (χ3n) is 6.20. The zero-order valence-corrected chi connectivity index (χ0v) is 20.1. The van der Waals surface area contributed by atoms with E-state index >= 15 is 0 Å². The molecule has 2 atom stereocenters. The van der Waals surface area contributed by atoms with Crippen LogP contribution < -0.4 is 19.1 Å². The van der Waals surface area contributed by atoms with E-state index in [1.165, 1.54) is 7.11 Å². The van der Waals surface area contributed by atoms with Crippen LogP contribution >= 0.6 is 0 Å². The molecule has 1 aliphatic heterocycles. The van der Waals surface area contributed by atoms with E-state index in [9.17, 15) is 13.2 Å². The van der Waals surface area contributed by atoms with Crippen molar-refractivity contribution in [3.63, 3.8) is 0 Å². The number of amides is 1. The lowest BCUT2D eigenvalue weighted by atomic mass is 9.83. The van der Waals surface area contributed by atoms with Gasteiger partial charge in [-0.25, -0.2) is 8.42 Å². The largest absolute Gasteiger partial charge is 0.497 e. The fourth-order valence-corrected chi connectivity index (χ4v) is 5.45. The van der Waals surface area contributed by atoms with Crippen LogP contribution in [0.4, 0.5) is 5.69 Å². The van der Waals surface area contributed by atoms with E-state index in [0.717, 1.165) is 34.7 Å². The van der Waals surface area contributed by atoms with Crippen molar-refractivity contribution in [2.24, 2.45) is 0 Å². The summed E-state index contributed by atoms with van der Waals surface area (Å²) >= 11 is 0. The number of methoxy groups -OCH3 is 1. The van der Waals surface area contributed by atoms with Gasteiger partial charge in [0.1, 0.15) is 23.1 Å². The summed E-state index contributed by atoms with van der Waals surface area (Å²) in [6.45, 7) is 5.74. The Balaban J connectivity index is 1.92. The number of benzene rings is 2. The number of ether oxygens (including phenoxy) is 2. The maximum Gasteiger partial charge on any atom is 0.244 e. The minimum absolute atomic E-state index is 0.276. The first-order valence-electron chi connectivity index (χ1n) is 10.9. The van der Waals surface area contributed by atoms with E-state index in [2.05, 4.69) is 19.2 Å². The lowest BCUT2D eigenvalue weighted by Crippen LogP contribution is -2.51. The highest BCUT2D eigenvalue weighted by Crippen LogP contribution is 2.42.